The molecule has 4 nitrogen and oxygen atoms in total. The lowest BCUT2D eigenvalue weighted by Crippen LogP contribution is -2.77. The Kier molecular flexibility index (Phi) is 15.0. The molecule has 0 aromatic carbocycles. The van der Waals surface area contributed by atoms with Gasteiger partial charge in [-0.1, -0.05) is 58.3 Å². The number of unbranched alkanes of at least 4 members (excludes halogenated alkanes) is 8. The zero-order valence-electron chi connectivity index (χ0n) is 12.6. The van der Waals surface area contributed by atoms with Crippen molar-refractivity contribution < 1.29 is 10.3 Å². The number of nitrogens with one attached hydrogen (secondary N) is 1. The molecule has 0 aliphatic carbocycles. The van der Waals surface area contributed by atoms with Gasteiger partial charge < -0.3 is 16.0 Å². The molecule has 0 aromatic heterocycles. The van der Waals surface area contributed by atoms with Crippen LogP contribution in [0.2, 0.25) is 0 Å². The summed E-state index contributed by atoms with van der Waals surface area (Å²) in [4.78, 5) is 11.4. The number of rotatable bonds is 14. The maximum Gasteiger partial charge on any atom is 0.219 e. The van der Waals surface area contributed by atoms with E-state index in [0.717, 1.165) is 24.7 Å². The Morgan fingerprint density at radius 2 is 1.53 bits per heavy atom. The minimum atomic E-state index is 0.133. The van der Waals surface area contributed by atoms with Gasteiger partial charge >= 0.3 is 0 Å². The summed E-state index contributed by atoms with van der Waals surface area (Å²) in [7, 11) is 0. The topological polar surface area (TPSA) is 68.8 Å². The van der Waals surface area contributed by atoms with Crippen LogP contribution < -0.4 is 10.8 Å². The first kappa shape index (κ1) is 18.4. The molecule has 3 N–H and O–H groups in total. The lowest BCUT2D eigenvalue weighted by molar-refractivity contribution is -0.588. The standard InChI is InChI=1S/C15H32N2O2/c1-2-3-4-5-6-7-8-9-10-12-15(18)16-13-11-14-17-19/h2-14,17H2,1H3,(H,16,18). The summed E-state index contributed by atoms with van der Waals surface area (Å²) in [5.41, 5.74) is 0.896. The zero-order chi connectivity index (χ0) is 14.2. The predicted molar refractivity (Wildman–Crippen MR) is 79.6 cm³/mol. The molecular weight excluding hydrogens is 240 g/mol. The van der Waals surface area contributed by atoms with Crippen molar-refractivity contribution in [2.45, 2.75) is 77.6 Å². The third-order valence-electron chi connectivity index (χ3n) is 3.33. The molecule has 0 saturated carbocycles. The van der Waals surface area contributed by atoms with Crippen LogP contribution in [-0.4, -0.2) is 19.0 Å². The number of amides is 1. The molecule has 1 amide bonds. The highest BCUT2D eigenvalue weighted by atomic mass is 16.5. The van der Waals surface area contributed by atoms with Gasteiger partial charge in [0.25, 0.3) is 0 Å². The molecule has 19 heavy (non-hydrogen) atoms. The normalized spacial score (nSPS) is 10.6. The number of carbonyl (C=O) groups is 1. The van der Waals surface area contributed by atoms with Crippen LogP contribution in [-0.2, 0) is 4.79 Å². The average Bonchev–Trinajstić information content (AvgIpc) is 2.42. The molecule has 0 radical (unpaired) electrons. The molecule has 4 heteroatoms. The van der Waals surface area contributed by atoms with E-state index < -0.39 is 0 Å². The van der Waals surface area contributed by atoms with Gasteiger partial charge in [-0.25, -0.2) is 0 Å². The van der Waals surface area contributed by atoms with E-state index in [9.17, 15) is 10.0 Å². The van der Waals surface area contributed by atoms with Crippen LogP contribution in [0.3, 0.4) is 0 Å². The summed E-state index contributed by atoms with van der Waals surface area (Å²) in [6.45, 7) is 3.41. The maximum atomic E-state index is 11.4. The predicted octanol–water partition coefficient (Wildman–Crippen LogP) is 2.47. The molecule has 0 fully saturated rings. The maximum absolute atomic E-state index is 11.4. The Morgan fingerprint density at radius 1 is 0.947 bits per heavy atom. The summed E-state index contributed by atoms with van der Waals surface area (Å²) in [5, 5.41) is 12.9. The van der Waals surface area contributed by atoms with Crippen molar-refractivity contribution in [3.8, 4) is 0 Å². The fraction of sp³-hybridized carbons (Fsp3) is 0.933. The Balaban J connectivity index is 3.10. The van der Waals surface area contributed by atoms with Crippen molar-refractivity contribution in [1.82, 2.24) is 5.32 Å². The average molecular weight is 272 g/mol. The van der Waals surface area contributed by atoms with Crippen molar-refractivity contribution in [2.24, 2.45) is 0 Å². The van der Waals surface area contributed by atoms with Gasteiger partial charge in [0, 0.05) is 19.4 Å². The number of hydrogen-bond acceptors (Lipinski definition) is 2. The van der Waals surface area contributed by atoms with Crippen LogP contribution >= 0.6 is 0 Å². The summed E-state index contributed by atoms with van der Waals surface area (Å²) < 4.78 is 0. The van der Waals surface area contributed by atoms with Gasteiger partial charge in [-0.3, -0.25) is 4.79 Å². The Morgan fingerprint density at radius 3 is 2.11 bits per heavy atom. The minimum Gasteiger partial charge on any atom is -0.636 e. The monoisotopic (exact) mass is 272 g/mol. The van der Waals surface area contributed by atoms with E-state index in [1.807, 2.05) is 0 Å². The van der Waals surface area contributed by atoms with Gasteiger partial charge in [-0.2, -0.15) is 0 Å². The van der Waals surface area contributed by atoms with Crippen LogP contribution in [0.5, 0.6) is 0 Å². The van der Waals surface area contributed by atoms with E-state index in [-0.39, 0.29) is 5.91 Å². The molecule has 0 aromatic rings. The highest BCUT2D eigenvalue weighted by Crippen LogP contribution is 2.10. The van der Waals surface area contributed by atoms with Crippen molar-refractivity contribution >= 4 is 5.91 Å². The second-order valence-corrected chi connectivity index (χ2v) is 5.24. The van der Waals surface area contributed by atoms with Crippen molar-refractivity contribution in [3.05, 3.63) is 5.21 Å². The minimum absolute atomic E-state index is 0.133. The molecule has 0 aliphatic rings. The quantitative estimate of drug-likeness (QED) is 0.377. The molecule has 114 valence electrons. The lowest BCUT2D eigenvalue weighted by atomic mass is 10.1. The van der Waals surface area contributed by atoms with E-state index in [4.69, 9.17) is 0 Å². The SMILES string of the molecule is CCCCCCCCCCCC(=O)NCCC[NH2+][O-]. The summed E-state index contributed by atoms with van der Waals surface area (Å²) in [5.74, 6) is 0.133. The van der Waals surface area contributed by atoms with Gasteiger partial charge in [-0.15, -0.1) is 0 Å². The molecule has 0 rings (SSSR count). The highest BCUT2D eigenvalue weighted by molar-refractivity contribution is 5.75. The summed E-state index contributed by atoms with van der Waals surface area (Å²) >= 11 is 0. The van der Waals surface area contributed by atoms with Gasteiger partial charge in [0.05, 0.1) is 6.54 Å². The van der Waals surface area contributed by atoms with E-state index in [2.05, 4.69) is 12.2 Å². The van der Waals surface area contributed by atoms with Crippen LogP contribution in [0.25, 0.3) is 0 Å². The van der Waals surface area contributed by atoms with Gasteiger partial charge in [0.2, 0.25) is 5.91 Å². The summed E-state index contributed by atoms with van der Waals surface area (Å²) in [6.07, 6.45) is 12.9. The third kappa shape index (κ3) is 15.3. The van der Waals surface area contributed by atoms with Gasteiger partial charge in [-0.05, 0) is 6.42 Å². The Labute approximate surface area is 118 Å². The van der Waals surface area contributed by atoms with Gasteiger partial charge in [0.15, 0.2) is 0 Å². The number of nitrogens with two attached hydrogens (primary N) is 1. The number of carbonyl (C=O) groups excluding carboxylic acids is 1. The largest absolute Gasteiger partial charge is 0.636 e. The molecule has 0 spiro atoms. The second-order valence-electron chi connectivity index (χ2n) is 5.24. The zero-order valence-corrected chi connectivity index (χ0v) is 12.6. The number of hydrogen-bond donors (Lipinski definition) is 2. The van der Waals surface area contributed by atoms with Crippen LogP contribution in [0.15, 0.2) is 0 Å². The molecule has 0 atom stereocenters. The number of quaternary nitrogens is 1. The summed E-state index contributed by atoms with van der Waals surface area (Å²) in [6, 6.07) is 0. The van der Waals surface area contributed by atoms with Crippen LogP contribution in [0, 0.1) is 5.21 Å². The number of hydroxylamine groups is 1. The van der Waals surface area contributed by atoms with Crippen molar-refractivity contribution in [3.63, 3.8) is 0 Å². The van der Waals surface area contributed by atoms with Crippen LogP contribution in [0.1, 0.15) is 77.6 Å². The molecule has 0 bridgehead atoms. The molecule has 0 aliphatic heterocycles. The highest BCUT2D eigenvalue weighted by Gasteiger charge is 2.00. The Bertz CT molecular complexity index is 199. The second kappa shape index (κ2) is 15.4. The third-order valence-corrected chi connectivity index (χ3v) is 3.33. The van der Waals surface area contributed by atoms with Gasteiger partial charge in [0.1, 0.15) is 0 Å². The smallest absolute Gasteiger partial charge is 0.219 e. The van der Waals surface area contributed by atoms with E-state index in [0.29, 0.717) is 19.5 Å². The van der Waals surface area contributed by atoms with E-state index >= 15 is 0 Å². The molecule has 0 unspecified atom stereocenters. The van der Waals surface area contributed by atoms with E-state index in [1.165, 1.54) is 44.9 Å². The first-order valence-corrected chi connectivity index (χ1v) is 8.01. The first-order valence-electron chi connectivity index (χ1n) is 8.01. The fourth-order valence-electron chi connectivity index (χ4n) is 2.10. The molecule has 0 saturated heterocycles. The van der Waals surface area contributed by atoms with E-state index in [1.54, 1.807) is 0 Å². The van der Waals surface area contributed by atoms with Crippen molar-refractivity contribution in [1.29, 1.82) is 0 Å². The molecule has 0 heterocycles. The van der Waals surface area contributed by atoms with Crippen LogP contribution in [0.4, 0.5) is 0 Å². The fourth-order valence-corrected chi connectivity index (χ4v) is 2.10. The first-order chi connectivity index (χ1) is 9.31. The molecular formula is C15H32N2O2. The lowest BCUT2D eigenvalue weighted by Gasteiger charge is -2.05. The Hall–Kier alpha value is -0.610. The van der Waals surface area contributed by atoms with Crippen molar-refractivity contribution in [2.75, 3.05) is 13.1 Å².